The summed E-state index contributed by atoms with van der Waals surface area (Å²) in [5.74, 6) is 0.688. The highest BCUT2D eigenvalue weighted by atomic mass is 14.7. The zero-order chi connectivity index (χ0) is 10.6. The predicted octanol–water partition coefficient (Wildman–Crippen LogP) is 4.12. The van der Waals surface area contributed by atoms with Crippen LogP contribution in [-0.2, 0) is 5.41 Å². The molecular formula is C13H23N. The lowest BCUT2D eigenvalue weighted by Crippen LogP contribution is -2.29. The number of H-pyrrole nitrogens is 1. The molecule has 1 atom stereocenters. The first-order valence-corrected chi connectivity index (χ1v) is 5.75. The van der Waals surface area contributed by atoms with Crippen LogP contribution in [0.15, 0.2) is 18.3 Å². The summed E-state index contributed by atoms with van der Waals surface area (Å²) >= 11 is 0. The summed E-state index contributed by atoms with van der Waals surface area (Å²) < 4.78 is 0. The van der Waals surface area contributed by atoms with Crippen LogP contribution in [0.2, 0.25) is 0 Å². The molecule has 0 aliphatic heterocycles. The highest BCUT2D eigenvalue weighted by Gasteiger charge is 2.30. The average molecular weight is 193 g/mol. The van der Waals surface area contributed by atoms with Gasteiger partial charge in [0.1, 0.15) is 0 Å². The minimum atomic E-state index is 0.319. The van der Waals surface area contributed by atoms with E-state index in [0.29, 0.717) is 11.3 Å². The molecule has 0 saturated heterocycles. The number of hydrogen-bond donors (Lipinski definition) is 1. The Bertz CT molecular complexity index is 248. The molecule has 0 saturated carbocycles. The summed E-state index contributed by atoms with van der Waals surface area (Å²) in [7, 11) is 0. The Balaban J connectivity index is 2.82. The first-order valence-electron chi connectivity index (χ1n) is 5.75. The smallest absolute Gasteiger partial charge is 0.0209 e. The maximum Gasteiger partial charge on any atom is 0.0209 e. The van der Waals surface area contributed by atoms with Gasteiger partial charge in [0.05, 0.1) is 0 Å². The van der Waals surface area contributed by atoms with E-state index in [1.54, 1.807) is 0 Å². The van der Waals surface area contributed by atoms with Crippen LogP contribution in [0.5, 0.6) is 0 Å². The van der Waals surface area contributed by atoms with Crippen LogP contribution >= 0.6 is 0 Å². The van der Waals surface area contributed by atoms with Gasteiger partial charge in [-0.3, -0.25) is 0 Å². The molecule has 0 aliphatic rings. The van der Waals surface area contributed by atoms with E-state index >= 15 is 0 Å². The molecule has 1 rings (SSSR count). The monoisotopic (exact) mass is 193 g/mol. The Morgan fingerprint density at radius 3 is 2.57 bits per heavy atom. The van der Waals surface area contributed by atoms with Crippen molar-refractivity contribution < 1.29 is 0 Å². The second-order valence-electron chi connectivity index (χ2n) is 4.76. The van der Waals surface area contributed by atoms with E-state index in [1.807, 2.05) is 6.20 Å². The number of aromatic nitrogens is 1. The molecule has 0 spiro atoms. The zero-order valence-electron chi connectivity index (χ0n) is 9.93. The Hall–Kier alpha value is -0.720. The lowest BCUT2D eigenvalue weighted by atomic mass is 9.73. The zero-order valence-corrected chi connectivity index (χ0v) is 9.93. The van der Waals surface area contributed by atoms with Crippen molar-refractivity contribution in [2.45, 2.75) is 52.4 Å². The van der Waals surface area contributed by atoms with E-state index in [9.17, 15) is 0 Å². The number of hydrogen-bond acceptors (Lipinski definition) is 0. The fraction of sp³-hybridized carbons (Fsp3) is 0.692. The van der Waals surface area contributed by atoms with Gasteiger partial charge in [0.25, 0.3) is 0 Å². The largest absolute Gasteiger partial charge is 0.365 e. The maximum absolute atomic E-state index is 3.37. The standard InChI is InChI=1S/C13H23N/c1-5-6-9-13(4,11(2)3)12-8-7-10-14-12/h7-8,10-11,14H,5-6,9H2,1-4H3. The van der Waals surface area contributed by atoms with Crippen molar-refractivity contribution >= 4 is 0 Å². The molecule has 0 fully saturated rings. The molecule has 0 bridgehead atoms. The van der Waals surface area contributed by atoms with E-state index in [-0.39, 0.29) is 0 Å². The Labute approximate surface area is 87.9 Å². The summed E-state index contributed by atoms with van der Waals surface area (Å²) in [6.07, 6.45) is 5.90. The molecule has 0 radical (unpaired) electrons. The van der Waals surface area contributed by atoms with Gasteiger partial charge in [-0.2, -0.15) is 0 Å². The second-order valence-corrected chi connectivity index (χ2v) is 4.76. The van der Waals surface area contributed by atoms with Gasteiger partial charge in [0.15, 0.2) is 0 Å². The van der Waals surface area contributed by atoms with Crippen molar-refractivity contribution in [2.75, 3.05) is 0 Å². The van der Waals surface area contributed by atoms with Crippen LogP contribution in [0.1, 0.15) is 52.7 Å². The first-order chi connectivity index (χ1) is 6.61. The third kappa shape index (κ3) is 2.20. The lowest BCUT2D eigenvalue weighted by Gasteiger charge is -2.33. The third-order valence-electron chi connectivity index (χ3n) is 3.54. The van der Waals surface area contributed by atoms with Crippen LogP contribution < -0.4 is 0 Å². The van der Waals surface area contributed by atoms with Crippen molar-refractivity contribution in [3.8, 4) is 0 Å². The quantitative estimate of drug-likeness (QED) is 0.724. The normalized spacial score (nSPS) is 15.8. The van der Waals surface area contributed by atoms with Gasteiger partial charge in [0, 0.05) is 17.3 Å². The molecule has 0 aliphatic carbocycles. The fourth-order valence-electron chi connectivity index (χ4n) is 1.96. The SMILES string of the molecule is CCCCC(C)(c1ccc[nH]1)C(C)C. The van der Waals surface area contributed by atoms with Crippen LogP contribution in [0.4, 0.5) is 0 Å². The minimum absolute atomic E-state index is 0.319. The minimum Gasteiger partial charge on any atom is -0.365 e. The summed E-state index contributed by atoms with van der Waals surface area (Å²) in [5.41, 5.74) is 1.71. The van der Waals surface area contributed by atoms with Crippen LogP contribution in [-0.4, -0.2) is 4.98 Å². The van der Waals surface area contributed by atoms with E-state index < -0.39 is 0 Å². The topological polar surface area (TPSA) is 15.8 Å². The number of rotatable bonds is 5. The van der Waals surface area contributed by atoms with Gasteiger partial charge in [-0.25, -0.2) is 0 Å². The summed E-state index contributed by atoms with van der Waals surface area (Å²) in [6, 6.07) is 4.32. The molecular weight excluding hydrogens is 170 g/mol. The molecule has 1 aromatic heterocycles. The predicted molar refractivity (Wildman–Crippen MR) is 62.5 cm³/mol. The van der Waals surface area contributed by atoms with Gasteiger partial charge in [-0.15, -0.1) is 0 Å². The second kappa shape index (κ2) is 4.68. The molecule has 1 heteroatoms. The van der Waals surface area contributed by atoms with Crippen LogP contribution in [0.3, 0.4) is 0 Å². The molecule has 1 N–H and O–H groups in total. The van der Waals surface area contributed by atoms with Crippen molar-refractivity contribution in [1.29, 1.82) is 0 Å². The molecule has 0 amide bonds. The third-order valence-corrected chi connectivity index (χ3v) is 3.54. The van der Waals surface area contributed by atoms with Crippen molar-refractivity contribution in [3.63, 3.8) is 0 Å². The highest BCUT2D eigenvalue weighted by Crippen LogP contribution is 2.35. The fourth-order valence-corrected chi connectivity index (χ4v) is 1.96. The molecule has 1 aromatic rings. The van der Waals surface area contributed by atoms with Gasteiger partial charge in [-0.05, 0) is 24.5 Å². The summed E-state index contributed by atoms with van der Waals surface area (Å²) in [4.78, 5) is 3.37. The van der Waals surface area contributed by atoms with Crippen molar-refractivity contribution in [1.82, 2.24) is 4.98 Å². The van der Waals surface area contributed by atoms with E-state index in [4.69, 9.17) is 0 Å². The van der Waals surface area contributed by atoms with Gasteiger partial charge in [-0.1, -0.05) is 40.5 Å². The van der Waals surface area contributed by atoms with E-state index in [2.05, 4.69) is 44.8 Å². The van der Waals surface area contributed by atoms with Gasteiger partial charge in [0.2, 0.25) is 0 Å². The van der Waals surface area contributed by atoms with Gasteiger partial charge < -0.3 is 4.98 Å². The molecule has 14 heavy (non-hydrogen) atoms. The summed E-state index contributed by atoms with van der Waals surface area (Å²) in [5, 5.41) is 0. The molecule has 1 nitrogen and oxygen atoms in total. The molecule has 1 unspecified atom stereocenters. The number of unbranched alkanes of at least 4 members (excludes halogenated alkanes) is 1. The Morgan fingerprint density at radius 2 is 2.14 bits per heavy atom. The molecule has 80 valence electrons. The van der Waals surface area contributed by atoms with Crippen molar-refractivity contribution in [2.24, 2.45) is 5.92 Å². The Kier molecular flexibility index (Phi) is 3.79. The van der Waals surface area contributed by atoms with Crippen LogP contribution in [0, 0.1) is 5.92 Å². The van der Waals surface area contributed by atoms with E-state index in [1.165, 1.54) is 25.0 Å². The number of nitrogens with one attached hydrogen (secondary N) is 1. The average Bonchev–Trinajstić information content (AvgIpc) is 2.66. The number of aromatic amines is 1. The Morgan fingerprint density at radius 1 is 1.43 bits per heavy atom. The van der Waals surface area contributed by atoms with E-state index in [0.717, 1.165) is 0 Å². The molecule has 0 aromatic carbocycles. The highest BCUT2D eigenvalue weighted by molar-refractivity contribution is 5.17. The maximum atomic E-state index is 3.37. The van der Waals surface area contributed by atoms with Crippen LogP contribution in [0.25, 0.3) is 0 Å². The summed E-state index contributed by atoms with van der Waals surface area (Å²) in [6.45, 7) is 9.27. The lowest BCUT2D eigenvalue weighted by molar-refractivity contribution is 0.298. The van der Waals surface area contributed by atoms with Crippen molar-refractivity contribution in [3.05, 3.63) is 24.0 Å². The molecule has 1 heterocycles. The van der Waals surface area contributed by atoms with Gasteiger partial charge >= 0.3 is 0 Å². The first kappa shape index (κ1) is 11.4.